The smallest absolute Gasteiger partial charge is 0.225 e. The Morgan fingerprint density at radius 1 is 1.37 bits per heavy atom. The Kier molecular flexibility index (Phi) is 3.25. The number of nitrogens with one attached hydrogen (secondary N) is 1. The first-order valence-electron chi connectivity index (χ1n) is 6.38. The second kappa shape index (κ2) is 5.05. The third kappa shape index (κ3) is 2.24. The van der Waals surface area contributed by atoms with Crippen molar-refractivity contribution >= 4 is 22.9 Å². The van der Waals surface area contributed by atoms with E-state index in [0.717, 1.165) is 17.0 Å². The van der Waals surface area contributed by atoms with E-state index < -0.39 is 0 Å². The van der Waals surface area contributed by atoms with E-state index in [1.807, 2.05) is 36.6 Å². The molecule has 0 saturated carbocycles. The Bertz CT molecular complexity index is 606. The van der Waals surface area contributed by atoms with Crippen LogP contribution in [-0.4, -0.2) is 12.5 Å². The van der Waals surface area contributed by atoms with Crippen molar-refractivity contribution in [3.05, 3.63) is 46.2 Å². The molecule has 0 fully saturated rings. The van der Waals surface area contributed by atoms with Crippen LogP contribution in [0.5, 0.6) is 5.75 Å². The molecule has 0 aliphatic carbocycles. The molecule has 1 atom stereocenters. The van der Waals surface area contributed by atoms with E-state index in [0.29, 0.717) is 13.0 Å². The second-order valence-corrected chi connectivity index (χ2v) is 5.42. The molecule has 3 nitrogen and oxygen atoms in total. The number of amides is 1. The maximum Gasteiger partial charge on any atom is 0.225 e. The molecule has 0 saturated heterocycles. The number of para-hydroxylation sites is 1. The highest BCUT2D eigenvalue weighted by molar-refractivity contribution is 7.10. The van der Waals surface area contributed by atoms with Gasteiger partial charge in [0.15, 0.2) is 0 Å². The topological polar surface area (TPSA) is 38.3 Å². The number of anilines is 1. The van der Waals surface area contributed by atoms with Crippen LogP contribution in [0, 0.1) is 0 Å². The van der Waals surface area contributed by atoms with Crippen molar-refractivity contribution in [2.24, 2.45) is 0 Å². The predicted molar refractivity (Wildman–Crippen MR) is 77.0 cm³/mol. The largest absolute Gasteiger partial charge is 0.494 e. The van der Waals surface area contributed by atoms with Gasteiger partial charge in [-0.3, -0.25) is 4.79 Å². The number of carbonyl (C=O) groups is 1. The van der Waals surface area contributed by atoms with Gasteiger partial charge in [-0.15, -0.1) is 11.3 Å². The summed E-state index contributed by atoms with van der Waals surface area (Å²) in [7, 11) is 0. The summed E-state index contributed by atoms with van der Waals surface area (Å²) in [6.07, 6.45) is 0.484. The van der Waals surface area contributed by atoms with Crippen LogP contribution in [0.15, 0.2) is 35.7 Å². The summed E-state index contributed by atoms with van der Waals surface area (Å²) in [6, 6.07) is 9.95. The van der Waals surface area contributed by atoms with E-state index in [9.17, 15) is 4.79 Å². The highest BCUT2D eigenvalue weighted by atomic mass is 32.1. The molecule has 98 valence electrons. The molecule has 0 radical (unpaired) electrons. The first-order chi connectivity index (χ1) is 9.29. The van der Waals surface area contributed by atoms with Gasteiger partial charge in [-0.05, 0) is 24.4 Å². The van der Waals surface area contributed by atoms with Crippen LogP contribution in [0.2, 0.25) is 0 Å². The molecule has 1 amide bonds. The molecule has 1 aliphatic heterocycles. The van der Waals surface area contributed by atoms with E-state index in [1.165, 1.54) is 4.88 Å². The first kappa shape index (κ1) is 12.2. The van der Waals surface area contributed by atoms with Crippen LogP contribution < -0.4 is 10.1 Å². The van der Waals surface area contributed by atoms with Gasteiger partial charge in [-0.1, -0.05) is 18.2 Å². The number of carbonyl (C=O) groups excluding carboxylic acids is 1. The van der Waals surface area contributed by atoms with Gasteiger partial charge in [-0.25, -0.2) is 0 Å². The lowest BCUT2D eigenvalue weighted by Gasteiger charge is -2.24. The Labute approximate surface area is 116 Å². The SMILES string of the molecule is CCOc1ccccc1[C@H]1CC(=O)Nc2ccsc21. The fourth-order valence-corrected chi connectivity index (χ4v) is 3.45. The average Bonchev–Trinajstić information content (AvgIpc) is 2.87. The Morgan fingerprint density at radius 3 is 3.05 bits per heavy atom. The van der Waals surface area contributed by atoms with Gasteiger partial charge >= 0.3 is 0 Å². The van der Waals surface area contributed by atoms with Crippen LogP contribution >= 0.6 is 11.3 Å². The van der Waals surface area contributed by atoms with Gasteiger partial charge in [0.2, 0.25) is 5.91 Å². The number of ether oxygens (including phenoxy) is 1. The number of fused-ring (bicyclic) bond motifs is 1. The van der Waals surface area contributed by atoms with Crippen molar-refractivity contribution in [2.75, 3.05) is 11.9 Å². The Morgan fingerprint density at radius 2 is 2.21 bits per heavy atom. The third-order valence-corrected chi connectivity index (χ3v) is 4.30. The summed E-state index contributed by atoms with van der Waals surface area (Å²) in [5.74, 6) is 1.05. The zero-order valence-corrected chi connectivity index (χ0v) is 11.5. The van der Waals surface area contributed by atoms with Crippen molar-refractivity contribution < 1.29 is 9.53 Å². The minimum absolute atomic E-state index is 0.0715. The second-order valence-electron chi connectivity index (χ2n) is 4.47. The standard InChI is InChI=1S/C15H15NO2S/c1-2-18-13-6-4-3-5-10(13)11-9-14(17)16-12-7-8-19-15(11)12/h3-8,11H,2,9H2,1H3,(H,16,17)/t11-/m1/s1. The molecule has 0 bridgehead atoms. The summed E-state index contributed by atoms with van der Waals surface area (Å²) < 4.78 is 5.69. The molecule has 0 unspecified atom stereocenters. The van der Waals surface area contributed by atoms with Gasteiger partial charge in [0.25, 0.3) is 0 Å². The molecule has 2 heterocycles. The molecule has 1 N–H and O–H groups in total. The number of benzene rings is 1. The normalized spacial score (nSPS) is 17.7. The highest BCUT2D eigenvalue weighted by Gasteiger charge is 2.29. The molecular formula is C15H15NO2S. The Hall–Kier alpha value is -1.81. The van der Waals surface area contributed by atoms with Crippen LogP contribution in [0.4, 0.5) is 5.69 Å². The number of hydrogen-bond donors (Lipinski definition) is 1. The predicted octanol–water partition coefficient (Wildman–Crippen LogP) is 3.62. The van der Waals surface area contributed by atoms with Crippen molar-refractivity contribution in [3.8, 4) is 5.75 Å². The molecule has 4 heteroatoms. The highest BCUT2D eigenvalue weighted by Crippen LogP contribution is 2.43. The van der Waals surface area contributed by atoms with Crippen molar-refractivity contribution in [2.45, 2.75) is 19.3 Å². The molecule has 1 aromatic heterocycles. The van der Waals surface area contributed by atoms with E-state index in [-0.39, 0.29) is 11.8 Å². The molecule has 1 aromatic carbocycles. The van der Waals surface area contributed by atoms with Gasteiger partial charge < -0.3 is 10.1 Å². The monoisotopic (exact) mass is 273 g/mol. The lowest BCUT2D eigenvalue weighted by Crippen LogP contribution is -2.22. The lowest BCUT2D eigenvalue weighted by atomic mass is 9.90. The molecule has 1 aliphatic rings. The summed E-state index contributed by atoms with van der Waals surface area (Å²) >= 11 is 1.69. The van der Waals surface area contributed by atoms with Crippen LogP contribution in [0.1, 0.15) is 29.7 Å². The molecule has 19 heavy (non-hydrogen) atoms. The lowest BCUT2D eigenvalue weighted by molar-refractivity contribution is -0.116. The first-order valence-corrected chi connectivity index (χ1v) is 7.26. The molecule has 2 aromatic rings. The van der Waals surface area contributed by atoms with E-state index in [2.05, 4.69) is 11.4 Å². The number of hydrogen-bond acceptors (Lipinski definition) is 3. The summed E-state index contributed by atoms with van der Waals surface area (Å²) in [5, 5.41) is 4.94. The minimum atomic E-state index is 0.0715. The minimum Gasteiger partial charge on any atom is -0.494 e. The summed E-state index contributed by atoms with van der Waals surface area (Å²) in [6.45, 7) is 2.61. The summed E-state index contributed by atoms with van der Waals surface area (Å²) in [4.78, 5) is 13.0. The maximum atomic E-state index is 11.8. The average molecular weight is 273 g/mol. The molecular weight excluding hydrogens is 258 g/mol. The molecule has 3 rings (SSSR count). The van der Waals surface area contributed by atoms with Crippen molar-refractivity contribution in [1.82, 2.24) is 0 Å². The van der Waals surface area contributed by atoms with E-state index in [4.69, 9.17) is 4.74 Å². The Balaban J connectivity index is 2.06. The van der Waals surface area contributed by atoms with Crippen LogP contribution in [0.25, 0.3) is 0 Å². The zero-order chi connectivity index (χ0) is 13.2. The maximum absolute atomic E-state index is 11.8. The van der Waals surface area contributed by atoms with Gasteiger partial charge in [-0.2, -0.15) is 0 Å². The number of thiophene rings is 1. The zero-order valence-electron chi connectivity index (χ0n) is 10.7. The quantitative estimate of drug-likeness (QED) is 0.927. The fourth-order valence-electron chi connectivity index (χ4n) is 2.48. The van der Waals surface area contributed by atoms with E-state index in [1.54, 1.807) is 11.3 Å². The van der Waals surface area contributed by atoms with Gasteiger partial charge in [0.05, 0.1) is 12.3 Å². The van der Waals surface area contributed by atoms with Crippen molar-refractivity contribution in [3.63, 3.8) is 0 Å². The third-order valence-electron chi connectivity index (χ3n) is 3.27. The fraction of sp³-hybridized carbons (Fsp3) is 0.267. The van der Waals surface area contributed by atoms with Gasteiger partial charge in [0.1, 0.15) is 5.75 Å². The van der Waals surface area contributed by atoms with Crippen LogP contribution in [0.3, 0.4) is 0 Å². The van der Waals surface area contributed by atoms with Gasteiger partial charge in [0, 0.05) is 22.8 Å². The van der Waals surface area contributed by atoms with E-state index >= 15 is 0 Å². The number of rotatable bonds is 3. The summed E-state index contributed by atoms with van der Waals surface area (Å²) in [5.41, 5.74) is 2.04. The van der Waals surface area contributed by atoms with Crippen LogP contribution in [-0.2, 0) is 4.79 Å². The molecule has 0 spiro atoms. The van der Waals surface area contributed by atoms with Crippen molar-refractivity contribution in [1.29, 1.82) is 0 Å².